The first-order valence-electron chi connectivity index (χ1n) is 9.90. The molecule has 0 radical (unpaired) electrons. The van der Waals surface area contributed by atoms with Crippen LogP contribution in [0.1, 0.15) is 45.2 Å². The van der Waals surface area contributed by atoms with Crippen LogP contribution in [-0.2, 0) is 22.6 Å². The van der Waals surface area contributed by atoms with E-state index in [0.29, 0.717) is 37.6 Å². The van der Waals surface area contributed by atoms with Gasteiger partial charge in [0.05, 0.1) is 6.42 Å². The summed E-state index contributed by atoms with van der Waals surface area (Å²) in [7, 11) is 0. The van der Waals surface area contributed by atoms with Gasteiger partial charge in [-0.3, -0.25) is 9.59 Å². The number of rotatable bonds is 7. The average Bonchev–Trinajstić information content (AvgIpc) is 2.64. The topological polar surface area (TPSA) is 49.4 Å². The van der Waals surface area contributed by atoms with Gasteiger partial charge < -0.3 is 10.2 Å². The molecule has 0 heterocycles. The lowest BCUT2D eigenvalue weighted by Gasteiger charge is -2.33. The van der Waals surface area contributed by atoms with Crippen molar-refractivity contribution in [1.82, 2.24) is 10.2 Å². The maximum atomic E-state index is 13.4. The molecule has 4 nitrogen and oxygen atoms in total. The van der Waals surface area contributed by atoms with Gasteiger partial charge in [-0.05, 0) is 62.6 Å². The molecule has 168 valence electrons. The molecule has 0 aliphatic carbocycles. The zero-order chi connectivity index (χ0) is 23.3. The quantitative estimate of drug-likeness (QED) is 0.464. The van der Waals surface area contributed by atoms with Crippen LogP contribution in [0.3, 0.4) is 0 Å². The van der Waals surface area contributed by atoms with Crippen molar-refractivity contribution in [3.63, 3.8) is 0 Å². The van der Waals surface area contributed by atoms with Crippen molar-refractivity contribution in [2.75, 3.05) is 0 Å². The highest BCUT2D eigenvalue weighted by atomic mass is 35.5. The van der Waals surface area contributed by atoms with Crippen molar-refractivity contribution in [1.29, 1.82) is 0 Å². The van der Waals surface area contributed by atoms with Gasteiger partial charge in [-0.2, -0.15) is 0 Å². The third-order valence-corrected chi connectivity index (χ3v) is 5.77. The summed E-state index contributed by atoms with van der Waals surface area (Å²) in [6, 6.07) is 9.39. The Bertz CT molecular complexity index is 957. The molecule has 1 N–H and O–H groups in total. The first-order valence-corrected chi connectivity index (χ1v) is 11.4. The Labute approximate surface area is 203 Å². The van der Waals surface area contributed by atoms with E-state index in [1.807, 2.05) is 27.7 Å². The van der Waals surface area contributed by atoms with E-state index in [2.05, 4.69) is 5.32 Å². The maximum Gasteiger partial charge on any atom is 0.243 e. The molecule has 1 atom stereocenters. The van der Waals surface area contributed by atoms with Gasteiger partial charge in [0.2, 0.25) is 11.8 Å². The van der Waals surface area contributed by atoms with E-state index < -0.39 is 11.6 Å². The standard InChI is InChI=1S/C23H26Cl4N2O2/c1-5-20(22(31)28-23(2,3)4)29(13-15-7-9-17(25)12-19(15)27)21(30)10-14-6-8-16(24)11-18(14)26/h6-9,11-12,20H,5,10,13H2,1-4H3,(H,28,31). The molecule has 31 heavy (non-hydrogen) atoms. The van der Waals surface area contributed by atoms with Gasteiger partial charge in [0, 0.05) is 32.2 Å². The highest BCUT2D eigenvalue weighted by Crippen LogP contribution is 2.26. The van der Waals surface area contributed by atoms with Crippen LogP contribution in [0.5, 0.6) is 0 Å². The number of carbonyl (C=O) groups excluding carboxylic acids is 2. The van der Waals surface area contributed by atoms with E-state index >= 15 is 0 Å². The molecular weight excluding hydrogens is 478 g/mol. The summed E-state index contributed by atoms with van der Waals surface area (Å²) in [5, 5.41) is 4.78. The minimum Gasteiger partial charge on any atom is -0.350 e. The van der Waals surface area contributed by atoms with Crippen LogP contribution in [0.4, 0.5) is 0 Å². The second kappa shape index (κ2) is 10.9. The van der Waals surface area contributed by atoms with Crippen LogP contribution in [0.25, 0.3) is 0 Å². The van der Waals surface area contributed by atoms with Crippen molar-refractivity contribution in [2.24, 2.45) is 0 Å². The van der Waals surface area contributed by atoms with E-state index in [1.165, 1.54) is 0 Å². The van der Waals surface area contributed by atoms with Crippen LogP contribution in [0.15, 0.2) is 36.4 Å². The smallest absolute Gasteiger partial charge is 0.243 e. The summed E-state index contributed by atoms with van der Waals surface area (Å²) in [6.45, 7) is 7.72. The largest absolute Gasteiger partial charge is 0.350 e. The molecule has 8 heteroatoms. The van der Waals surface area contributed by atoms with Gasteiger partial charge in [-0.1, -0.05) is 65.5 Å². The summed E-state index contributed by atoms with van der Waals surface area (Å²) in [6.07, 6.45) is 0.466. The predicted octanol–water partition coefficient (Wildman–Crippen LogP) is 6.56. The van der Waals surface area contributed by atoms with Gasteiger partial charge >= 0.3 is 0 Å². The predicted molar refractivity (Wildman–Crippen MR) is 129 cm³/mol. The Morgan fingerprint density at radius 2 is 1.45 bits per heavy atom. The third-order valence-electron chi connectivity index (χ3n) is 4.60. The maximum absolute atomic E-state index is 13.4. The Hall–Kier alpha value is -1.46. The van der Waals surface area contributed by atoms with E-state index in [0.717, 1.165) is 0 Å². The minimum absolute atomic E-state index is 0.0283. The SMILES string of the molecule is CCC(C(=O)NC(C)(C)C)N(Cc1ccc(Cl)cc1Cl)C(=O)Cc1ccc(Cl)cc1Cl. The molecule has 2 rings (SSSR count). The number of carbonyl (C=O) groups is 2. The highest BCUT2D eigenvalue weighted by Gasteiger charge is 2.31. The lowest BCUT2D eigenvalue weighted by atomic mass is 10.0. The number of amides is 2. The molecule has 0 spiro atoms. The van der Waals surface area contributed by atoms with E-state index in [1.54, 1.807) is 41.3 Å². The van der Waals surface area contributed by atoms with Crippen molar-refractivity contribution in [3.05, 3.63) is 67.6 Å². The van der Waals surface area contributed by atoms with Crippen LogP contribution < -0.4 is 5.32 Å². The second-order valence-corrected chi connectivity index (χ2v) is 10.0. The number of nitrogens with one attached hydrogen (secondary N) is 1. The first kappa shape index (κ1) is 25.8. The van der Waals surface area contributed by atoms with Gasteiger partial charge in [-0.25, -0.2) is 0 Å². The normalized spacial score (nSPS) is 12.4. The van der Waals surface area contributed by atoms with Gasteiger partial charge in [0.25, 0.3) is 0 Å². The van der Waals surface area contributed by atoms with Crippen molar-refractivity contribution >= 4 is 58.2 Å². The third kappa shape index (κ3) is 7.57. The van der Waals surface area contributed by atoms with Crippen LogP contribution >= 0.6 is 46.4 Å². The first-order chi connectivity index (χ1) is 14.4. The molecular formula is C23H26Cl4N2O2. The molecule has 0 saturated heterocycles. The lowest BCUT2D eigenvalue weighted by Crippen LogP contribution is -2.53. The summed E-state index contributed by atoms with van der Waals surface area (Å²) in [5.74, 6) is -0.471. The van der Waals surface area contributed by atoms with Crippen LogP contribution in [-0.4, -0.2) is 28.3 Å². The number of benzene rings is 2. The van der Waals surface area contributed by atoms with Gasteiger partial charge in [0.1, 0.15) is 6.04 Å². The van der Waals surface area contributed by atoms with E-state index in [9.17, 15) is 9.59 Å². The van der Waals surface area contributed by atoms with E-state index in [-0.39, 0.29) is 24.8 Å². The molecule has 0 aliphatic heterocycles. The highest BCUT2D eigenvalue weighted by molar-refractivity contribution is 6.35. The number of hydrogen-bond donors (Lipinski definition) is 1. The molecule has 0 aromatic heterocycles. The number of nitrogens with zero attached hydrogens (tertiary/aromatic N) is 1. The van der Waals surface area contributed by atoms with E-state index in [4.69, 9.17) is 46.4 Å². The Morgan fingerprint density at radius 3 is 1.90 bits per heavy atom. The van der Waals surface area contributed by atoms with Crippen molar-refractivity contribution in [3.8, 4) is 0 Å². The van der Waals surface area contributed by atoms with Gasteiger partial charge in [0.15, 0.2) is 0 Å². The lowest BCUT2D eigenvalue weighted by molar-refractivity contribution is -0.141. The summed E-state index contributed by atoms with van der Waals surface area (Å²) >= 11 is 24.6. The Morgan fingerprint density at radius 1 is 0.935 bits per heavy atom. The fraction of sp³-hybridized carbons (Fsp3) is 0.391. The molecule has 2 amide bonds. The van der Waals surface area contributed by atoms with Crippen molar-refractivity contribution in [2.45, 2.75) is 58.7 Å². The van der Waals surface area contributed by atoms with Crippen LogP contribution in [0, 0.1) is 0 Å². The number of halogens is 4. The van der Waals surface area contributed by atoms with Crippen molar-refractivity contribution < 1.29 is 9.59 Å². The molecule has 2 aromatic carbocycles. The summed E-state index contributed by atoms with van der Waals surface area (Å²) in [5.41, 5.74) is 0.898. The monoisotopic (exact) mass is 502 g/mol. The molecule has 0 bridgehead atoms. The second-order valence-electron chi connectivity index (χ2n) is 8.33. The summed E-state index contributed by atoms with van der Waals surface area (Å²) < 4.78 is 0. The Kier molecular flexibility index (Phi) is 9.08. The van der Waals surface area contributed by atoms with Gasteiger partial charge in [-0.15, -0.1) is 0 Å². The molecule has 0 saturated carbocycles. The average molecular weight is 504 g/mol. The zero-order valence-corrected chi connectivity index (χ0v) is 21.0. The fourth-order valence-electron chi connectivity index (χ4n) is 3.14. The molecule has 0 fully saturated rings. The minimum atomic E-state index is -0.676. The summed E-state index contributed by atoms with van der Waals surface area (Å²) in [4.78, 5) is 28.0. The van der Waals surface area contributed by atoms with Crippen LogP contribution in [0.2, 0.25) is 20.1 Å². The molecule has 0 aliphatic rings. The zero-order valence-electron chi connectivity index (χ0n) is 17.9. The Balaban J connectivity index is 2.39. The molecule has 2 aromatic rings. The fourth-order valence-corrected chi connectivity index (χ4v) is 4.08. The number of hydrogen-bond acceptors (Lipinski definition) is 2. The molecule has 1 unspecified atom stereocenters.